The minimum atomic E-state index is -0.407. The summed E-state index contributed by atoms with van der Waals surface area (Å²) in [4.78, 5) is 40.5. The van der Waals surface area contributed by atoms with Crippen LogP contribution in [0.15, 0.2) is 58.4 Å². The maximum absolute atomic E-state index is 12.8. The maximum Gasteiger partial charge on any atom is 0.332 e. The average molecular weight is 414 g/mol. The molecular weight excluding hydrogens is 394 g/mol. The molecule has 3 aromatic rings. The van der Waals surface area contributed by atoms with Crippen LogP contribution in [0.25, 0.3) is 0 Å². The highest BCUT2D eigenvalue weighted by Crippen LogP contribution is 2.23. The van der Waals surface area contributed by atoms with E-state index in [4.69, 9.17) is 11.6 Å². The summed E-state index contributed by atoms with van der Waals surface area (Å²) in [5.41, 5.74) is 0.737. The zero-order valence-electron chi connectivity index (χ0n) is 16.0. The largest absolute Gasteiger partial charge is 0.383 e. The molecule has 0 saturated heterocycles. The zero-order valence-corrected chi connectivity index (χ0v) is 16.7. The van der Waals surface area contributed by atoms with Gasteiger partial charge in [0.15, 0.2) is 5.78 Å². The van der Waals surface area contributed by atoms with Gasteiger partial charge in [-0.15, -0.1) is 0 Å². The minimum absolute atomic E-state index is 0.190. The molecule has 150 valence electrons. The highest BCUT2D eigenvalue weighted by molar-refractivity contribution is 6.31. The molecule has 0 bridgehead atoms. The van der Waals surface area contributed by atoms with Crippen molar-refractivity contribution in [3.8, 4) is 0 Å². The van der Waals surface area contributed by atoms with Crippen LogP contribution in [0, 0.1) is 0 Å². The fourth-order valence-electron chi connectivity index (χ4n) is 2.80. The second kappa shape index (κ2) is 8.74. The summed E-state index contributed by atoms with van der Waals surface area (Å²) < 4.78 is 2.40. The Bertz CT molecular complexity index is 1160. The van der Waals surface area contributed by atoms with Gasteiger partial charge in [-0.2, -0.15) is 0 Å². The lowest BCUT2D eigenvalue weighted by molar-refractivity contribution is 0.103. The Morgan fingerprint density at radius 2 is 1.83 bits per heavy atom. The number of benzene rings is 1. The fraction of sp³-hybridized carbons (Fsp3) is 0.200. The summed E-state index contributed by atoms with van der Waals surface area (Å²) in [6, 6.07) is 9.79. The van der Waals surface area contributed by atoms with E-state index in [1.54, 1.807) is 43.6 Å². The Morgan fingerprint density at radius 1 is 1.07 bits per heavy atom. The van der Waals surface area contributed by atoms with Crippen molar-refractivity contribution in [2.45, 2.75) is 0 Å². The number of rotatable bonds is 7. The van der Waals surface area contributed by atoms with E-state index >= 15 is 0 Å². The van der Waals surface area contributed by atoms with Gasteiger partial charge in [-0.25, -0.2) is 4.79 Å². The first kappa shape index (κ1) is 20.3. The molecule has 0 amide bonds. The standard InChI is InChI=1S/C20H20ClN5O3/c1-25-17(11-18(27)26(2)20(25)29)24-9-8-23-16-6-5-14(21)10-15(16)19(28)13-4-3-7-22-12-13/h3-7,10-12,23-24H,8-9H2,1-2H3. The Morgan fingerprint density at radius 3 is 2.55 bits per heavy atom. The number of nitrogens with zero attached hydrogens (tertiary/aromatic N) is 3. The lowest BCUT2D eigenvalue weighted by atomic mass is 10.0. The monoisotopic (exact) mass is 413 g/mol. The van der Waals surface area contributed by atoms with Gasteiger partial charge in [0.25, 0.3) is 5.56 Å². The molecule has 0 aliphatic heterocycles. The van der Waals surface area contributed by atoms with E-state index in [-0.39, 0.29) is 11.3 Å². The van der Waals surface area contributed by atoms with Gasteiger partial charge in [-0.1, -0.05) is 11.6 Å². The Kier molecular flexibility index (Phi) is 6.13. The molecule has 0 atom stereocenters. The molecule has 29 heavy (non-hydrogen) atoms. The smallest absolute Gasteiger partial charge is 0.332 e. The van der Waals surface area contributed by atoms with Gasteiger partial charge in [0.05, 0.1) is 0 Å². The fourth-order valence-corrected chi connectivity index (χ4v) is 2.97. The third kappa shape index (κ3) is 4.55. The molecule has 0 spiro atoms. The molecule has 0 unspecified atom stereocenters. The van der Waals surface area contributed by atoms with Crippen molar-refractivity contribution in [1.82, 2.24) is 14.1 Å². The lowest BCUT2D eigenvalue weighted by Crippen LogP contribution is -2.37. The molecule has 8 nitrogen and oxygen atoms in total. The molecule has 0 radical (unpaired) electrons. The van der Waals surface area contributed by atoms with Crippen molar-refractivity contribution in [1.29, 1.82) is 0 Å². The van der Waals surface area contributed by atoms with Crippen molar-refractivity contribution >= 4 is 28.9 Å². The van der Waals surface area contributed by atoms with Crippen LogP contribution in [0.3, 0.4) is 0 Å². The molecule has 2 aromatic heterocycles. The van der Waals surface area contributed by atoms with Crippen molar-refractivity contribution in [2.24, 2.45) is 14.1 Å². The molecule has 9 heteroatoms. The van der Waals surface area contributed by atoms with Crippen LogP contribution in [-0.2, 0) is 14.1 Å². The first-order valence-electron chi connectivity index (χ1n) is 8.87. The van der Waals surface area contributed by atoms with Crippen LogP contribution in [0.4, 0.5) is 11.5 Å². The Balaban J connectivity index is 1.71. The highest BCUT2D eigenvalue weighted by atomic mass is 35.5. The normalized spacial score (nSPS) is 10.6. The number of halogens is 1. The van der Waals surface area contributed by atoms with Gasteiger partial charge in [0.1, 0.15) is 5.82 Å². The van der Waals surface area contributed by atoms with Crippen LogP contribution < -0.4 is 21.9 Å². The Hall–Kier alpha value is -3.39. The predicted molar refractivity (Wildman–Crippen MR) is 113 cm³/mol. The summed E-state index contributed by atoms with van der Waals surface area (Å²) >= 11 is 6.08. The molecule has 3 rings (SSSR count). The number of hydrogen-bond donors (Lipinski definition) is 2. The van der Waals surface area contributed by atoms with Crippen molar-refractivity contribution < 1.29 is 4.79 Å². The van der Waals surface area contributed by atoms with E-state index in [9.17, 15) is 14.4 Å². The number of carbonyl (C=O) groups excluding carboxylic acids is 1. The molecule has 0 saturated carbocycles. The Labute approximate surface area is 171 Å². The van der Waals surface area contributed by atoms with E-state index in [2.05, 4.69) is 15.6 Å². The van der Waals surface area contributed by atoms with Crippen LogP contribution in [0.2, 0.25) is 5.02 Å². The summed E-state index contributed by atoms with van der Waals surface area (Å²) in [5.74, 6) is 0.229. The van der Waals surface area contributed by atoms with Gasteiger partial charge in [-0.3, -0.25) is 23.7 Å². The van der Waals surface area contributed by atoms with E-state index in [0.29, 0.717) is 40.7 Å². The minimum Gasteiger partial charge on any atom is -0.383 e. The molecule has 0 aliphatic carbocycles. The summed E-state index contributed by atoms with van der Waals surface area (Å²) in [6.45, 7) is 0.863. The van der Waals surface area contributed by atoms with E-state index in [1.807, 2.05) is 0 Å². The predicted octanol–water partition coefficient (Wildman–Crippen LogP) is 1.89. The third-order valence-corrected chi connectivity index (χ3v) is 4.66. The van der Waals surface area contributed by atoms with Crippen molar-refractivity contribution in [3.63, 3.8) is 0 Å². The molecule has 2 N–H and O–H groups in total. The number of pyridine rings is 1. The van der Waals surface area contributed by atoms with Crippen LogP contribution in [-0.4, -0.2) is 33.0 Å². The van der Waals surface area contributed by atoms with Gasteiger partial charge in [0.2, 0.25) is 0 Å². The topological polar surface area (TPSA) is 98.0 Å². The number of nitrogens with one attached hydrogen (secondary N) is 2. The first-order chi connectivity index (χ1) is 13.9. The number of ketones is 1. The number of hydrogen-bond acceptors (Lipinski definition) is 6. The van der Waals surface area contributed by atoms with Crippen LogP contribution in [0.1, 0.15) is 15.9 Å². The lowest BCUT2D eigenvalue weighted by Gasteiger charge is -2.14. The second-order valence-corrected chi connectivity index (χ2v) is 6.82. The summed E-state index contributed by atoms with van der Waals surface area (Å²) in [7, 11) is 3.01. The molecular formula is C20H20ClN5O3. The van der Waals surface area contributed by atoms with E-state index in [0.717, 1.165) is 4.57 Å². The quantitative estimate of drug-likeness (QED) is 0.453. The second-order valence-electron chi connectivity index (χ2n) is 6.38. The van der Waals surface area contributed by atoms with E-state index < -0.39 is 5.69 Å². The van der Waals surface area contributed by atoms with Gasteiger partial charge in [-0.05, 0) is 30.3 Å². The van der Waals surface area contributed by atoms with Gasteiger partial charge < -0.3 is 10.6 Å². The molecule has 2 heterocycles. The van der Waals surface area contributed by atoms with Crippen LogP contribution in [0.5, 0.6) is 0 Å². The number of carbonyl (C=O) groups is 1. The maximum atomic E-state index is 12.8. The zero-order chi connectivity index (χ0) is 21.0. The van der Waals surface area contributed by atoms with E-state index in [1.165, 1.54) is 23.9 Å². The van der Waals surface area contributed by atoms with Crippen molar-refractivity contribution in [2.75, 3.05) is 23.7 Å². The molecule has 0 fully saturated rings. The SMILES string of the molecule is Cn1c(NCCNc2ccc(Cl)cc2C(=O)c2cccnc2)cc(=O)n(C)c1=O. The summed E-state index contributed by atoms with van der Waals surface area (Å²) in [5, 5.41) is 6.69. The van der Waals surface area contributed by atoms with Crippen LogP contribution >= 0.6 is 11.6 Å². The van der Waals surface area contributed by atoms with Gasteiger partial charge >= 0.3 is 5.69 Å². The molecule has 1 aromatic carbocycles. The number of anilines is 2. The van der Waals surface area contributed by atoms with Gasteiger partial charge in [0, 0.05) is 67.5 Å². The highest BCUT2D eigenvalue weighted by Gasteiger charge is 2.14. The first-order valence-corrected chi connectivity index (χ1v) is 9.25. The molecule has 0 aliphatic rings. The van der Waals surface area contributed by atoms with Crippen molar-refractivity contribution in [3.05, 3.63) is 85.8 Å². The number of aromatic nitrogens is 3. The average Bonchev–Trinajstić information content (AvgIpc) is 2.74. The third-order valence-electron chi connectivity index (χ3n) is 4.42. The summed E-state index contributed by atoms with van der Waals surface area (Å²) in [6.07, 6.45) is 3.11.